The molecule has 1 heterocycles. The number of cyclic esters (lactones) is 1. The monoisotopic (exact) mass is 280 g/mol. The third-order valence-corrected chi connectivity index (χ3v) is 4.19. The lowest BCUT2D eigenvalue weighted by molar-refractivity contribution is -0.142. The summed E-state index contributed by atoms with van der Waals surface area (Å²) in [5.41, 5.74) is 0. The number of allylic oxidation sites excluding steroid dienone is 2. The molecule has 0 amide bonds. The van der Waals surface area contributed by atoms with Gasteiger partial charge in [-0.15, -0.1) is 0 Å². The lowest BCUT2D eigenvalue weighted by Gasteiger charge is -2.19. The fourth-order valence-corrected chi connectivity index (χ4v) is 3.10. The van der Waals surface area contributed by atoms with Crippen LogP contribution in [0.3, 0.4) is 0 Å². The number of hydrogen-bond acceptors (Lipinski definition) is 4. The van der Waals surface area contributed by atoms with Crippen LogP contribution in [0.2, 0.25) is 0 Å². The summed E-state index contributed by atoms with van der Waals surface area (Å²) in [7, 11) is 0. The maximum Gasteiger partial charge on any atom is 0.330 e. The van der Waals surface area contributed by atoms with Gasteiger partial charge >= 0.3 is 5.97 Å². The van der Waals surface area contributed by atoms with Gasteiger partial charge in [0.2, 0.25) is 0 Å². The second-order valence-electron chi connectivity index (χ2n) is 5.91. The van der Waals surface area contributed by atoms with E-state index in [1.165, 1.54) is 12.2 Å². The van der Waals surface area contributed by atoms with E-state index < -0.39 is 12.1 Å². The van der Waals surface area contributed by atoms with Crippen LogP contribution in [0.25, 0.3) is 0 Å². The van der Waals surface area contributed by atoms with E-state index in [1.54, 1.807) is 0 Å². The van der Waals surface area contributed by atoms with Crippen molar-refractivity contribution in [2.24, 2.45) is 11.8 Å². The molecule has 2 aliphatic rings. The molecule has 2 rings (SSSR count). The zero-order valence-corrected chi connectivity index (χ0v) is 11.9. The molecule has 4 heteroatoms. The van der Waals surface area contributed by atoms with Crippen LogP contribution in [0.5, 0.6) is 0 Å². The summed E-state index contributed by atoms with van der Waals surface area (Å²) < 4.78 is 5.23. The Bertz CT molecular complexity index is 388. The van der Waals surface area contributed by atoms with E-state index in [1.807, 2.05) is 6.92 Å². The molecule has 5 atom stereocenters. The molecular formula is C16H24O4. The van der Waals surface area contributed by atoms with Gasteiger partial charge in [-0.3, -0.25) is 0 Å². The van der Waals surface area contributed by atoms with Gasteiger partial charge in [-0.1, -0.05) is 12.2 Å². The van der Waals surface area contributed by atoms with Crippen molar-refractivity contribution in [1.82, 2.24) is 0 Å². The van der Waals surface area contributed by atoms with Crippen LogP contribution in [0.1, 0.15) is 39.0 Å². The van der Waals surface area contributed by atoms with Gasteiger partial charge in [0.1, 0.15) is 0 Å². The molecule has 1 aliphatic heterocycles. The molecular weight excluding hydrogens is 256 g/mol. The van der Waals surface area contributed by atoms with E-state index in [4.69, 9.17) is 4.74 Å². The molecule has 1 fully saturated rings. The van der Waals surface area contributed by atoms with Gasteiger partial charge in [0.25, 0.3) is 0 Å². The smallest absolute Gasteiger partial charge is 0.330 e. The Morgan fingerprint density at radius 2 is 2.05 bits per heavy atom. The van der Waals surface area contributed by atoms with Gasteiger partial charge < -0.3 is 14.9 Å². The number of rotatable bonds is 0. The van der Waals surface area contributed by atoms with Crippen molar-refractivity contribution in [2.75, 3.05) is 0 Å². The van der Waals surface area contributed by atoms with E-state index in [0.717, 1.165) is 19.3 Å². The number of aliphatic hydroxyl groups excluding tert-OH is 2. The van der Waals surface area contributed by atoms with Crippen LogP contribution >= 0.6 is 0 Å². The molecule has 0 bridgehead atoms. The average molecular weight is 280 g/mol. The van der Waals surface area contributed by atoms with Crippen molar-refractivity contribution < 1.29 is 19.7 Å². The van der Waals surface area contributed by atoms with Gasteiger partial charge in [-0.05, 0) is 56.9 Å². The highest BCUT2D eigenvalue weighted by Crippen LogP contribution is 2.36. The Hall–Kier alpha value is -1.13. The molecule has 2 N–H and O–H groups in total. The standard InChI is InChI=1S/C16H24O4/c1-11-5-3-2-4-6-12-9-13(17)10-14(12)15(18)7-8-16(19)20-11/h4,6-8,11-15,17-18H,2-3,5,9-10H2,1H3/t11-,12+,13-,14-,15+/m0/s1. The van der Waals surface area contributed by atoms with Crippen LogP contribution in [0, 0.1) is 11.8 Å². The molecule has 0 aromatic carbocycles. The van der Waals surface area contributed by atoms with E-state index in [-0.39, 0.29) is 24.0 Å². The number of hydrogen-bond donors (Lipinski definition) is 2. The van der Waals surface area contributed by atoms with E-state index >= 15 is 0 Å². The van der Waals surface area contributed by atoms with Gasteiger partial charge in [-0.2, -0.15) is 0 Å². The number of carbonyl (C=O) groups excluding carboxylic acids is 1. The fourth-order valence-electron chi connectivity index (χ4n) is 3.10. The predicted octanol–water partition coefficient (Wildman–Crippen LogP) is 1.96. The van der Waals surface area contributed by atoms with Crippen LogP contribution in [0.15, 0.2) is 24.3 Å². The fraction of sp³-hybridized carbons (Fsp3) is 0.688. The molecule has 0 unspecified atom stereocenters. The van der Waals surface area contributed by atoms with E-state index in [0.29, 0.717) is 12.8 Å². The molecule has 1 aliphatic carbocycles. The first-order valence-electron chi connectivity index (χ1n) is 7.48. The first kappa shape index (κ1) is 15.3. The van der Waals surface area contributed by atoms with E-state index in [2.05, 4.69) is 12.2 Å². The highest BCUT2D eigenvalue weighted by Gasteiger charge is 2.35. The molecule has 0 saturated heterocycles. The molecule has 0 spiro atoms. The normalized spacial score (nSPS) is 39.4. The topological polar surface area (TPSA) is 66.8 Å². The highest BCUT2D eigenvalue weighted by molar-refractivity contribution is 5.82. The number of aliphatic hydroxyl groups is 2. The Kier molecular flexibility index (Phi) is 5.38. The third-order valence-electron chi connectivity index (χ3n) is 4.19. The SMILES string of the molecule is C[C@H]1CCCC=C[C@@H]2C[C@H](O)C[C@@H]2[C@H](O)C=CC(=O)O1. The van der Waals surface area contributed by atoms with E-state index in [9.17, 15) is 15.0 Å². The minimum atomic E-state index is -0.717. The van der Waals surface area contributed by atoms with Crippen LogP contribution in [-0.4, -0.2) is 34.5 Å². The number of carbonyl (C=O) groups is 1. The highest BCUT2D eigenvalue weighted by atomic mass is 16.5. The average Bonchev–Trinajstić information content (AvgIpc) is 2.76. The second kappa shape index (κ2) is 7.04. The maximum atomic E-state index is 11.6. The largest absolute Gasteiger partial charge is 0.460 e. The van der Waals surface area contributed by atoms with Gasteiger partial charge in [0.05, 0.1) is 18.3 Å². The molecule has 112 valence electrons. The first-order valence-corrected chi connectivity index (χ1v) is 7.48. The molecule has 4 nitrogen and oxygen atoms in total. The Balaban J connectivity index is 2.11. The summed E-state index contributed by atoms with van der Waals surface area (Å²) in [6.45, 7) is 1.89. The Morgan fingerprint density at radius 3 is 2.85 bits per heavy atom. The van der Waals surface area contributed by atoms with Gasteiger partial charge in [0, 0.05) is 6.08 Å². The molecule has 0 aromatic heterocycles. The molecule has 0 aromatic rings. The lowest BCUT2D eigenvalue weighted by atomic mass is 9.90. The summed E-state index contributed by atoms with van der Waals surface area (Å²) in [6.07, 6.45) is 9.87. The molecule has 0 radical (unpaired) electrons. The maximum absolute atomic E-state index is 11.6. The van der Waals surface area contributed by atoms with Crippen molar-refractivity contribution in [2.45, 2.75) is 57.3 Å². The number of esters is 1. The Labute approximate surface area is 120 Å². The van der Waals surface area contributed by atoms with Crippen LogP contribution in [-0.2, 0) is 9.53 Å². The number of ether oxygens (including phenoxy) is 1. The summed E-state index contributed by atoms with van der Waals surface area (Å²) in [5.74, 6) is -0.249. The van der Waals surface area contributed by atoms with Crippen molar-refractivity contribution >= 4 is 5.97 Å². The second-order valence-corrected chi connectivity index (χ2v) is 5.91. The quantitative estimate of drug-likeness (QED) is 0.526. The molecule has 20 heavy (non-hydrogen) atoms. The summed E-state index contributed by atoms with van der Waals surface area (Å²) in [5, 5.41) is 20.0. The zero-order chi connectivity index (χ0) is 14.5. The summed E-state index contributed by atoms with van der Waals surface area (Å²) in [4.78, 5) is 11.6. The van der Waals surface area contributed by atoms with Crippen molar-refractivity contribution in [1.29, 1.82) is 0 Å². The van der Waals surface area contributed by atoms with Crippen LogP contribution in [0.4, 0.5) is 0 Å². The minimum Gasteiger partial charge on any atom is -0.460 e. The van der Waals surface area contributed by atoms with Crippen molar-refractivity contribution in [3.8, 4) is 0 Å². The lowest BCUT2D eigenvalue weighted by Crippen LogP contribution is -2.21. The minimum absolute atomic E-state index is 0.0246. The zero-order valence-electron chi connectivity index (χ0n) is 11.9. The van der Waals surface area contributed by atoms with Gasteiger partial charge in [-0.25, -0.2) is 4.79 Å². The summed E-state index contributed by atoms with van der Waals surface area (Å²) >= 11 is 0. The first-order chi connectivity index (χ1) is 9.56. The van der Waals surface area contributed by atoms with Gasteiger partial charge in [0.15, 0.2) is 0 Å². The number of fused-ring (bicyclic) bond motifs is 1. The van der Waals surface area contributed by atoms with Crippen LogP contribution < -0.4 is 0 Å². The van der Waals surface area contributed by atoms with Crippen molar-refractivity contribution in [3.05, 3.63) is 24.3 Å². The third kappa shape index (κ3) is 4.18. The molecule has 1 saturated carbocycles. The predicted molar refractivity (Wildman–Crippen MR) is 75.9 cm³/mol. The van der Waals surface area contributed by atoms with Crippen molar-refractivity contribution in [3.63, 3.8) is 0 Å². The Morgan fingerprint density at radius 1 is 1.25 bits per heavy atom. The summed E-state index contributed by atoms with van der Waals surface area (Å²) in [6, 6.07) is 0.